The van der Waals surface area contributed by atoms with E-state index in [1.54, 1.807) is 30.3 Å². The van der Waals surface area contributed by atoms with Crippen LogP contribution in [0.3, 0.4) is 0 Å². The molecule has 0 unspecified atom stereocenters. The van der Waals surface area contributed by atoms with Crippen LogP contribution in [0.2, 0.25) is 0 Å². The van der Waals surface area contributed by atoms with Gasteiger partial charge in [-0.15, -0.1) is 0 Å². The lowest BCUT2D eigenvalue weighted by Crippen LogP contribution is -2.30. The van der Waals surface area contributed by atoms with Crippen LogP contribution >= 0.6 is 0 Å². The van der Waals surface area contributed by atoms with E-state index in [-0.39, 0.29) is 11.6 Å². The Hall–Kier alpha value is -4.80. The molecule has 0 aliphatic rings. The van der Waals surface area contributed by atoms with Gasteiger partial charge < -0.3 is 10.1 Å². The van der Waals surface area contributed by atoms with Crippen molar-refractivity contribution < 1.29 is 14.5 Å². The molecule has 0 saturated heterocycles. The quantitative estimate of drug-likeness (QED) is 0.286. The number of nitro groups is 1. The van der Waals surface area contributed by atoms with Gasteiger partial charge in [0.15, 0.2) is 0 Å². The Morgan fingerprint density at radius 1 is 1.03 bits per heavy atom. The van der Waals surface area contributed by atoms with Crippen LogP contribution in [0.5, 0.6) is 5.75 Å². The maximum absolute atomic E-state index is 12.4. The lowest BCUT2D eigenvalue weighted by atomic mass is 10.1. The van der Waals surface area contributed by atoms with Gasteiger partial charge in [-0.25, -0.2) is 9.97 Å². The number of nitrogens with one attached hydrogen (secondary N) is 3. The molecular formula is C22H19N7O4. The molecule has 0 aliphatic heterocycles. The van der Waals surface area contributed by atoms with Crippen molar-refractivity contribution >= 4 is 39.8 Å². The van der Waals surface area contributed by atoms with E-state index in [0.29, 0.717) is 22.5 Å². The molecular weight excluding hydrogens is 426 g/mol. The number of fused-ring (bicyclic) bond motifs is 1. The number of ether oxygens (including phenoxy) is 1. The number of rotatable bonds is 7. The summed E-state index contributed by atoms with van der Waals surface area (Å²) in [4.78, 5) is 36.1. The van der Waals surface area contributed by atoms with Gasteiger partial charge >= 0.3 is 5.69 Å². The number of pyridine rings is 1. The van der Waals surface area contributed by atoms with Crippen molar-refractivity contribution in [2.75, 3.05) is 17.9 Å². The van der Waals surface area contributed by atoms with Crippen LogP contribution in [0.25, 0.3) is 10.9 Å². The number of aromatic nitrogens is 3. The number of methoxy groups -OCH3 is 1. The zero-order chi connectivity index (χ0) is 23.4. The molecule has 4 aromatic rings. The predicted molar refractivity (Wildman–Crippen MR) is 123 cm³/mol. The van der Waals surface area contributed by atoms with Gasteiger partial charge in [-0.1, -0.05) is 18.2 Å². The molecule has 3 N–H and O–H groups in total. The molecule has 2 heterocycles. The second kappa shape index (κ2) is 9.14. The first-order chi connectivity index (χ1) is 16.0. The van der Waals surface area contributed by atoms with Crippen molar-refractivity contribution in [1.29, 1.82) is 0 Å². The smallest absolute Gasteiger partial charge is 0.355 e. The Bertz CT molecular complexity index is 1340. The molecule has 0 fully saturated rings. The number of benzene rings is 2. The van der Waals surface area contributed by atoms with E-state index in [9.17, 15) is 14.9 Å². The number of para-hydroxylation sites is 1. The van der Waals surface area contributed by atoms with Gasteiger partial charge in [-0.2, -0.15) is 0 Å². The van der Waals surface area contributed by atoms with Crippen LogP contribution in [0, 0.1) is 17.0 Å². The maximum Gasteiger partial charge on any atom is 0.355 e. The average molecular weight is 445 g/mol. The molecule has 0 bridgehead atoms. The second-order valence-corrected chi connectivity index (χ2v) is 6.94. The van der Waals surface area contributed by atoms with E-state index in [4.69, 9.17) is 4.74 Å². The van der Waals surface area contributed by atoms with Crippen molar-refractivity contribution in [3.8, 4) is 5.75 Å². The first-order valence-corrected chi connectivity index (χ1v) is 9.79. The highest BCUT2D eigenvalue weighted by Gasteiger charge is 2.24. The summed E-state index contributed by atoms with van der Waals surface area (Å²) in [5.41, 5.74) is 6.82. The third-order valence-electron chi connectivity index (χ3n) is 4.76. The first-order valence-electron chi connectivity index (χ1n) is 9.79. The molecule has 0 saturated carbocycles. The molecule has 4 rings (SSSR count). The normalized spacial score (nSPS) is 10.5. The van der Waals surface area contributed by atoms with Crippen LogP contribution < -0.4 is 20.9 Å². The molecule has 1 amide bonds. The minimum Gasteiger partial charge on any atom is -0.497 e. The van der Waals surface area contributed by atoms with E-state index >= 15 is 0 Å². The third-order valence-corrected chi connectivity index (χ3v) is 4.76. The largest absolute Gasteiger partial charge is 0.497 e. The van der Waals surface area contributed by atoms with Crippen molar-refractivity contribution in [3.63, 3.8) is 0 Å². The Morgan fingerprint density at radius 3 is 2.52 bits per heavy atom. The summed E-state index contributed by atoms with van der Waals surface area (Å²) in [6.45, 7) is 1.86. The number of amides is 1. The Morgan fingerprint density at radius 2 is 1.79 bits per heavy atom. The van der Waals surface area contributed by atoms with Gasteiger partial charge in [-0.05, 0) is 43.3 Å². The number of hydrogen-bond acceptors (Lipinski definition) is 9. The number of anilines is 3. The zero-order valence-corrected chi connectivity index (χ0v) is 17.7. The van der Waals surface area contributed by atoms with Gasteiger partial charge in [0, 0.05) is 16.6 Å². The SMILES string of the molecule is COc1ccc(C(=O)NNc2ncnc(Nc3cccc4ccc(C)nc34)c2[N+](=O)[O-])cc1. The summed E-state index contributed by atoms with van der Waals surface area (Å²) in [7, 11) is 1.52. The van der Waals surface area contributed by atoms with E-state index in [1.807, 2.05) is 31.2 Å². The minimum atomic E-state index is -0.631. The lowest BCUT2D eigenvalue weighted by Gasteiger charge is -2.12. The Balaban J connectivity index is 1.60. The topological polar surface area (TPSA) is 144 Å². The van der Waals surface area contributed by atoms with Gasteiger partial charge in [0.2, 0.25) is 11.6 Å². The van der Waals surface area contributed by atoms with Crippen molar-refractivity contribution in [2.24, 2.45) is 0 Å². The maximum atomic E-state index is 12.4. The monoisotopic (exact) mass is 445 g/mol. The zero-order valence-electron chi connectivity index (χ0n) is 17.7. The average Bonchev–Trinajstić information content (AvgIpc) is 2.82. The molecule has 0 aliphatic carbocycles. The number of carbonyl (C=O) groups is 1. The second-order valence-electron chi connectivity index (χ2n) is 6.94. The Kier molecular flexibility index (Phi) is 5.94. The van der Waals surface area contributed by atoms with E-state index < -0.39 is 16.5 Å². The van der Waals surface area contributed by atoms with Crippen molar-refractivity contribution in [3.05, 3.63) is 82.3 Å². The fourth-order valence-corrected chi connectivity index (χ4v) is 3.14. The molecule has 2 aromatic heterocycles. The summed E-state index contributed by atoms with van der Waals surface area (Å²) in [6.07, 6.45) is 1.15. The third kappa shape index (κ3) is 4.61. The van der Waals surface area contributed by atoms with E-state index in [1.165, 1.54) is 7.11 Å². The molecule has 2 aromatic carbocycles. The fraction of sp³-hybridized carbons (Fsp3) is 0.0909. The number of hydrogen-bond donors (Lipinski definition) is 3. The predicted octanol–water partition coefficient (Wildman–Crippen LogP) is 3.75. The van der Waals surface area contributed by atoms with E-state index in [2.05, 4.69) is 31.1 Å². The first kappa shape index (κ1) is 21.4. The molecule has 0 atom stereocenters. The fourth-order valence-electron chi connectivity index (χ4n) is 3.14. The van der Waals surface area contributed by atoms with Crippen LogP contribution in [0.1, 0.15) is 16.1 Å². The van der Waals surface area contributed by atoms with Gasteiger partial charge in [0.25, 0.3) is 5.91 Å². The molecule has 11 nitrogen and oxygen atoms in total. The molecule has 0 radical (unpaired) electrons. The standard InChI is InChI=1S/C22H19N7O4/c1-13-6-7-14-4-3-5-17(18(14)25-13)26-20-19(29(31)32)21(24-12-23-20)27-28-22(30)15-8-10-16(33-2)11-9-15/h3-12H,1-2H3,(H,28,30)(H2,23,24,26,27). The highest BCUT2D eigenvalue weighted by Crippen LogP contribution is 2.32. The van der Waals surface area contributed by atoms with Gasteiger partial charge in [-0.3, -0.25) is 30.7 Å². The van der Waals surface area contributed by atoms with E-state index in [0.717, 1.165) is 17.4 Å². The molecule has 11 heteroatoms. The van der Waals surface area contributed by atoms with Gasteiger partial charge in [0.05, 0.1) is 23.2 Å². The number of aryl methyl sites for hydroxylation is 1. The van der Waals surface area contributed by atoms with Crippen molar-refractivity contribution in [1.82, 2.24) is 20.4 Å². The lowest BCUT2D eigenvalue weighted by molar-refractivity contribution is -0.383. The Labute approximate surface area is 188 Å². The van der Waals surface area contributed by atoms with Crippen molar-refractivity contribution in [2.45, 2.75) is 6.92 Å². The highest BCUT2D eigenvalue weighted by atomic mass is 16.6. The number of nitrogens with zero attached hydrogens (tertiary/aromatic N) is 4. The highest BCUT2D eigenvalue weighted by molar-refractivity contribution is 5.95. The summed E-state index contributed by atoms with van der Waals surface area (Å²) in [5, 5.41) is 15.7. The van der Waals surface area contributed by atoms with Crippen LogP contribution in [-0.4, -0.2) is 32.9 Å². The summed E-state index contributed by atoms with van der Waals surface area (Å²) in [5.74, 6) is -0.135. The van der Waals surface area contributed by atoms with Gasteiger partial charge in [0.1, 0.15) is 12.1 Å². The number of hydrazine groups is 1. The minimum absolute atomic E-state index is 0.0491. The molecule has 166 valence electrons. The summed E-state index contributed by atoms with van der Waals surface area (Å²) in [6, 6.07) is 15.6. The molecule has 0 spiro atoms. The van der Waals surface area contributed by atoms with Crippen LogP contribution in [0.4, 0.5) is 23.0 Å². The summed E-state index contributed by atoms with van der Waals surface area (Å²) < 4.78 is 5.06. The molecule has 33 heavy (non-hydrogen) atoms. The summed E-state index contributed by atoms with van der Waals surface area (Å²) >= 11 is 0. The number of carbonyl (C=O) groups excluding carboxylic acids is 1. The van der Waals surface area contributed by atoms with Crippen LogP contribution in [-0.2, 0) is 0 Å². The van der Waals surface area contributed by atoms with Crippen LogP contribution in [0.15, 0.2) is 60.9 Å².